The predicted octanol–water partition coefficient (Wildman–Crippen LogP) is 1.44. The molecule has 0 spiro atoms. The molecule has 18 heteroatoms. The number of hydrogen-bond donors (Lipinski definition) is 10. The topological polar surface area (TPSA) is 292 Å². The van der Waals surface area contributed by atoms with Gasteiger partial charge in [0.2, 0.25) is 0 Å². The quantitative estimate of drug-likeness (QED) is 0.110. The normalized spacial score (nSPS) is 52.6. The van der Waals surface area contributed by atoms with E-state index in [1.807, 2.05) is 0 Å². The smallest absolute Gasteiger partial charge is 0.335 e. The maximum atomic E-state index is 13.1. The summed E-state index contributed by atoms with van der Waals surface area (Å²) in [7, 11) is 0. The molecular formula is C47H74O18. The molecule has 22 atom stereocenters. The van der Waals surface area contributed by atoms with Gasteiger partial charge < -0.3 is 79.5 Å². The van der Waals surface area contributed by atoms with Gasteiger partial charge in [-0.1, -0.05) is 60.1 Å². The van der Waals surface area contributed by atoms with Crippen LogP contribution in [0.4, 0.5) is 0 Å². The second-order valence-electron chi connectivity index (χ2n) is 23.0. The second-order valence-corrected chi connectivity index (χ2v) is 23.0. The summed E-state index contributed by atoms with van der Waals surface area (Å²) in [4.78, 5) is 26.2. The Labute approximate surface area is 380 Å². The zero-order valence-electron chi connectivity index (χ0n) is 38.7. The Kier molecular flexibility index (Phi) is 13.1. The van der Waals surface area contributed by atoms with Crippen LogP contribution in [0.5, 0.6) is 0 Å². The standard InChI is InChI=1S/C47H74O18/c1-42(2)14-16-47(41(58)59)17-15-45(6)21(22(47)18-42)8-9-26-44(5)12-11-27(43(3,4)25(44)10-13-46(26,45)7)62-40-33(55)34(63-39-32(54)30(52)28(50)23(19-48)60-39)35(36(65-40)37(56)57)64-38-31(53)29(51)24(20-49)61-38/h8,22-36,38-40,48-55H,9-20H2,1-7H3,(H,56,57)(H,58,59)/t22-,23+,24+,25+,26+,27+,28-,29+,30+,31+,32+,33+,34+,35-,36-,38-,39-,40+,44-,45-,46+,47-/m0/s1. The summed E-state index contributed by atoms with van der Waals surface area (Å²) >= 11 is 0. The first kappa shape index (κ1) is 49.5. The molecule has 18 nitrogen and oxygen atoms in total. The first-order valence-electron chi connectivity index (χ1n) is 23.7. The van der Waals surface area contributed by atoms with Gasteiger partial charge in [-0.3, -0.25) is 4.79 Å². The van der Waals surface area contributed by atoms with Crippen molar-refractivity contribution in [3.8, 4) is 0 Å². The van der Waals surface area contributed by atoms with E-state index < -0.39 is 128 Å². The fourth-order valence-corrected chi connectivity index (χ4v) is 14.9. The van der Waals surface area contributed by atoms with Crippen LogP contribution in [0, 0.1) is 50.2 Å². The molecule has 8 aliphatic rings. The van der Waals surface area contributed by atoms with Crippen molar-refractivity contribution in [3.05, 3.63) is 11.6 Å². The summed E-state index contributed by atoms with van der Waals surface area (Å²) in [6, 6.07) is 0. The minimum atomic E-state index is -1.99. The summed E-state index contributed by atoms with van der Waals surface area (Å²) in [6.07, 6.45) is -14.9. The fourth-order valence-electron chi connectivity index (χ4n) is 14.9. The summed E-state index contributed by atoms with van der Waals surface area (Å²) in [6.45, 7) is 14.5. The van der Waals surface area contributed by atoms with E-state index in [1.54, 1.807) is 0 Å². The van der Waals surface area contributed by atoms with Crippen molar-refractivity contribution in [2.45, 2.75) is 205 Å². The minimum Gasteiger partial charge on any atom is -0.481 e. The van der Waals surface area contributed by atoms with Gasteiger partial charge in [0.25, 0.3) is 0 Å². The van der Waals surface area contributed by atoms with E-state index in [-0.39, 0.29) is 39.4 Å². The molecule has 0 aromatic heterocycles. The van der Waals surface area contributed by atoms with Crippen LogP contribution in [0.3, 0.4) is 0 Å². The van der Waals surface area contributed by atoms with Gasteiger partial charge in [0, 0.05) is 0 Å². The Morgan fingerprint density at radius 2 is 1.22 bits per heavy atom. The molecular weight excluding hydrogens is 852 g/mol. The summed E-state index contributed by atoms with van der Waals surface area (Å²) in [5.74, 6) is -1.89. The molecule has 4 saturated carbocycles. The Hall–Kier alpha value is -1.88. The number of hydrogen-bond acceptors (Lipinski definition) is 16. The Balaban J connectivity index is 1.06. The van der Waals surface area contributed by atoms with Crippen LogP contribution < -0.4 is 0 Å². The van der Waals surface area contributed by atoms with E-state index in [9.17, 15) is 60.7 Å². The largest absolute Gasteiger partial charge is 0.481 e. The van der Waals surface area contributed by atoms with Crippen molar-refractivity contribution in [3.63, 3.8) is 0 Å². The average molecular weight is 927 g/mol. The molecule has 0 radical (unpaired) electrons. The van der Waals surface area contributed by atoms with Crippen LogP contribution in [-0.4, -0.2) is 168 Å². The minimum absolute atomic E-state index is 0.0127. The molecule has 5 aliphatic carbocycles. The molecule has 10 N–H and O–H groups in total. The molecule has 3 saturated heterocycles. The third-order valence-electron chi connectivity index (χ3n) is 19.0. The van der Waals surface area contributed by atoms with E-state index in [2.05, 4.69) is 54.5 Å². The number of carboxylic acid groups (broad SMARTS) is 2. The maximum Gasteiger partial charge on any atom is 0.335 e. The van der Waals surface area contributed by atoms with Gasteiger partial charge in [0.15, 0.2) is 25.0 Å². The van der Waals surface area contributed by atoms with Crippen LogP contribution in [0.2, 0.25) is 0 Å². The highest BCUT2D eigenvalue weighted by Gasteiger charge is 2.70. The van der Waals surface area contributed by atoms with Crippen LogP contribution in [-0.2, 0) is 38.0 Å². The molecule has 0 aromatic rings. The maximum absolute atomic E-state index is 13.1. The number of ether oxygens (including phenoxy) is 6. The number of fused-ring (bicyclic) bond motifs is 7. The van der Waals surface area contributed by atoms with Gasteiger partial charge in [0.1, 0.15) is 61.0 Å². The Bertz CT molecular complexity index is 1820. The zero-order valence-corrected chi connectivity index (χ0v) is 38.7. The number of aliphatic carboxylic acids is 2. The van der Waals surface area contributed by atoms with Crippen molar-refractivity contribution >= 4 is 11.9 Å². The van der Waals surface area contributed by atoms with Crippen LogP contribution in [0.25, 0.3) is 0 Å². The van der Waals surface area contributed by atoms with E-state index in [0.717, 1.165) is 44.9 Å². The van der Waals surface area contributed by atoms with Crippen LogP contribution in [0.15, 0.2) is 11.6 Å². The molecule has 0 aromatic carbocycles. The lowest BCUT2D eigenvalue weighted by Gasteiger charge is -2.71. The third-order valence-corrected chi connectivity index (χ3v) is 19.0. The lowest BCUT2D eigenvalue weighted by Crippen LogP contribution is -2.68. The van der Waals surface area contributed by atoms with Gasteiger partial charge in [-0.15, -0.1) is 0 Å². The summed E-state index contributed by atoms with van der Waals surface area (Å²) in [5.41, 5.74) is -0.370. The van der Waals surface area contributed by atoms with Crippen molar-refractivity contribution < 1.29 is 89.1 Å². The van der Waals surface area contributed by atoms with E-state index in [1.165, 1.54) is 5.57 Å². The fraction of sp³-hybridized carbons (Fsp3) is 0.915. The third kappa shape index (κ3) is 7.67. The average Bonchev–Trinajstić information content (AvgIpc) is 3.51. The van der Waals surface area contributed by atoms with Crippen LogP contribution >= 0.6 is 0 Å². The van der Waals surface area contributed by atoms with Gasteiger partial charge in [-0.25, -0.2) is 4.79 Å². The van der Waals surface area contributed by atoms with Gasteiger partial charge >= 0.3 is 11.9 Å². The molecule has 8 rings (SSSR count). The molecule has 0 amide bonds. The highest BCUT2D eigenvalue weighted by molar-refractivity contribution is 5.76. The number of carboxylic acids is 2. The molecule has 370 valence electrons. The second kappa shape index (κ2) is 17.2. The van der Waals surface area contributed by atoms with Gasteiger partial charge in [0.05, 0.1) is 24.7 Å². The molecule has 7 fully saturated rings. The lowest BCUT2D eigenvalue weighted by molar-refractivity contribution is -0.378. The van der Waals surface area contributed by atoms with E-state index in [4.69, 9.17) is 28.4 Å². The monoisotopic (exact) mass is 926 g/mol. The van der Waals surface area contributed by atoms with Gasteiger partial charge in [-0.05, 0) is 109 Å². The molecule has 3 aliphatic heterocycles. The van der Waals surface area contributed by atoms with Crippen LogP contribution in [0.1, 0.15) is 113 Å². The number of aliphatic hydroxyl groups is 8. The molecule has 3 heterocycles. The number of allylic oxidation sites excluding steroid dienone is 2. The Morgan fingerprint density at radius 1 is 0.646 bits per heavy atom. The van der Waals surface area contributed by atoms with Crippen molar-refractivity contribution in [1.29, 1.82) is 0 Å². The van der Waals surface area contributed by atoms with Crippen molar-refractivity contribution in [2.75, 3.05) is 13.2 Å². The summed E-state index contributed by atoms with van der Waals surface area (Å²) < 4.78 is 35.8. The first-order valence-corrected chi connectivity index (χ1v) is 23.7. The predicted molar refractivity (Wildman–Crippen MR) is 225 cm³/mol. The SMILES string of the molecule is CC1(C)CC[C@]2(C(=O)O)CC[C@@]3(C)C(=CC[C@@H]4[C@@]5(C)CC[C@@H](O[C@@H]6O[C@H](C(=O)O)[C@@H](O[C@@H]7O[C@H](CO)[C@@H](O)[C@H]7O)[C@H](O[C@@H]7O[C@H](CO)[C@H](O)[C@@H](O)[C@H]7O)[C@H]6O)C(C)(C)[C@H]5CC[C@]43C)[C@@H]2C1. The Morgan fingerprint density at radius 3 is 1.82 bits per heavy atom. The van der Waals surface area contributed by atoms with E-state index >= 15 is 0 Å². The zero-order chi connectivity index (χ0) is 47.6. The highest BCUT2D eigenvalue weighted by Crippen LogP contribution is 2.76. The summed E-state index contributed by atoms with van der Waals surface area (Å²) in [5, 5.41) is 106. The lowest BCUT2D eigenvalue weighted by atomic mass is 9.33. The van der Waals surface area contributed by atoms with Gasteiger partial charge in [-0.2, -0.15) is 0 Å². The molecule has 0 unspecified atom stereocenters. The molecule has 0 bridgehead atoms. The highest BCUT2D eigenvalue weighted by atomic mass is 16.8. The van der Waals surface area contributed by atoms with Crippen molar-refractivity contribution in [1.82, 2.24) is 0 Å². The number of aliphatic hydroxyl groups excluding tert-OH is 8. The number of rotatable bonds is 10. The van der Waals surface area contributed by atoms with E-state index in [0.29, 0.717) is 19.3 Å². The number of carbonyl (C=O) groups is 2. The molecule has 65 heavy (non-hydrogen) atoms. The first-order chi connectivity index (χ1) is 30.3. The van der Waals surface area contributed by atoms with Crippen molar-refractivity contribution in [2.24, 2.45) is 50.2 Å².